The molecule has 1 rings (SSSR count). The lowest BCUT2D eigenvalue weighted by atomic mass is 9.81. The topological polar surface area (TPSA) is 12.0 Å². The maximum absolute atomic E-state index is 3.53. The third-order valence-corrected chi connectivity index (χ3v) is 4.25. The van der Waals surface area contributed by atoms with E-state index in [4.69, 9.17) is 0 Å². The minimum absolute atomic E-state index is 0.241. The predicted molar refractivity (Wildman–Crippen MR) is 90.5 cm³/mol. The summed E-state index contributed by atoms with van der Waals surface area (Å²) in [5, 5.41) is 3.53. The Morgan fingerprint density at radius 2 is 1.65 bits per heavy atom. The van der Waals surface area contributed by atoms with E-state index < -0.39 is 0 Å². The van der Waals surface area contributed by atoms with Crippen molar-refractivity contribution in [2.75, 3.05) is 13.1 Å². The molecule has 0 saturated carbocycles. The molecule has 1 heteroatoms. The van der Waals surface area contributed by atoms with Gasteiger partial charge in [0.05, 0.1) is 0 Å². The quantitative estimate of drug-likeness (QED) is 0.729. The molecule has 0 heterocycles. The highest BCUT2D eigenvalue weighted by Gasteiger charge is 2.19. The second-order valence-corrected chi connectivity index (χ2v) is 7.05. The van der Waals surface area contributed by atoms with Gasteiger partial charge >= 0.3 is 0 Å². The molecule has 0 aliphatic rings. The van der Waals surface area contributed by atoms with Gasteiger partial charge in [0.25, 0.3) is 0 Å². The van der Waals surface area contributed by atoms with Crippen LogP contribution in [0.15, 0.2) is 24.3 Å². The first-order valence-electron chi connectivity index (χ1n) is 8.21. The number of likely N-dealkylation sites (N-methyl/N-ethyl adjacent to an activating group) is 1. The molecule has 0 saturated heterocycles. The molecule has 0 fully saturated rings. The smallest absolute Gasteiger partial charge is 0.00226 e. The molecule has 0 radical (unpaired) electrons. The van der Waals surface area contributed by atoms with Gasteiger partial charge in [-0.25, -0.2) is 0 Å². The van der Waals surface area contributed by atoms with Crippen molar-refractivity contribution in [2.24, 2.45) is 5.92 Å². The second-order valence-electron chi connectivity index (χ2n) is 7.05. The summed E-state index contributed by atoms with van der Waals surface area (Å²) in [6, 6.07) is 9.31. The van der Waals surface area contributed by atoms with Gasteiger partial charge in [0.2, 0.25) is 0 Å². The number of hydrogen-bond acceptors (Lipinski definition) is 1. The largest absolute Gasteiger partial charge is 0.316 e. The molecular formula is C19H33N. The Kier molecular flexibility index (Phi) is 6.75. The van der Waals surface area contributed by atoms with Gasteiger partial charge in [-0.2, -0.15) is 0 Å². The third kappa shape index (κ3) is 4.94. The van der Waals surface area contributed by atoms with Crippen LogP contribution in [0, 0.1) is 5.92 Å². The van der Waals surface area contributed by atoms with Crippen LogP contribution in [0.4, 0.5) is 0 Å². The number of nitrogens with one attached hydrogen (secondary N) is 1. The molecule has 0 aliphatic carbocycles. The average Bonchev–Trinajstić information content (AvgIpc) is 2.39. The predicted octanol–water partition coefficient (Wildman–Crippen LogP) is 5.11. The molecule has 114 valence electrons. The zero-order chi connectivity index (χ0) is 15.2. The van der Waals surface area contributed by atoms with Crippen molar-refractivity contribution < 1.29 is 0 Å². The van der Waals surface area contributed by atoms with Crippen LogP contribution >= 0.6 is 0 Å². The van der Waals surface area contributed by atoms with Crippen LogP contribution in [0.3, 0.4) is 0 Å². The number of rotatable bonds is 7. The van der Waals surface area contributed by atoms with Gasteiger partial charge in [-0.15, -0.1) is 0 Å². The van der Waals surface area contributed by atoms with E-state index >= 15 is 0 Å². The van der Waals surface area contributed by atoms with Crippen LogP contribution < -0.4 is 5.32 Å². The molecule has 0 spiro atoms. The molecular weight excluding hydrogens is 242 g/mol. The highest BCUT2D eigenvalue weighted by Crippen LogP contribution is 2.30. The first-order chi connectivity index (χ1) is 9.40. The maximum Gasteiger partial charge on any atom is 0.00226 e. The minimum Gasteiger partial charge on any atom is -0.316 e. The Morgan fingerprint density at radius 3 is 2.10 bits per heavy atom. The zero-order valence-electron chi connectivity index (χ0n) is 14.3. The van der Waals surface area contributed by atoms with E-state index in [0.29, 0.717) is 5.92 Å². The molecule has 2 unspecified atom stereocenters. The van der Waals surface area contributed by atoms with E-state index in [1.54, 1.807) is 0 Å². The Hall–Kier alpha value is -0.820. The lowest BCUT2D eigenvalue weighted by molar-refractivity contribution is 0.406. The van der Waals surface area contributed by atoms with Crippen molar-refractivity contribution in [1.82, 2.24) is 5.32 Å². The summed E-state index contributed by atoms with van der Waals surface area (Å²) in [4.78, 5) is 0. The van der Waals surface area contributed by atoms with Crippen molar-refractivity contribution in [3.63, 3.8) is 0 Å². The summed E-state index contributed by atoms with van der Waals surface area (Å²) in [6.45, 7) is 15.8. The highest BCUT2D eigenvalue weighted by atomic mass is 14.8. The summed E-state index contributed by atoms with van der Waals surface area (Å²) < 4.78 is 0. The molecule has 1 nitrogen and oxygen atoms in total. The van der Waals surface area contributed by atoms with Gasteiger partial charge in [0.15, 0.2) is 0 Å². The molecule has 0 bridgehead atoms. The van der Waals surface area contributed by atoms with Gasteiger partial charge in [-0.3, -0.25) is 0 Å². The first-order valence-corrected chi connectivity index (χ1v) is 8.21. The summed E-state index contributed by atoms with van der Waals surface area (Å²) in [7, 11) is 0. The van der Waals surface area contributed by atoms with E-state index in [1.165, 1.54) is 24.0 Å². The molecule has 20 heavy (non-hydrogen) atoms. The number of hydrogen-bond donors (Lipinski definition) is 1. The van der Waals surface area contributed by atoms with Crippen LogP contribution in [-0.2, 0) is 5.41 Å². The normalized spacial score (nSPS) is 15.1. The Labute approximate surface area is 126 Å². The fourth-order valence-corrected chi connectivity index (χ4v) is 2.83. The molecule has 1 N–H and O–H groups in total. The summed E-state index contributed by atoms with van der Waals surface area (Å²) in [5.74, 6) is 1.36. The van der Waals surface area contributed by atoms with Gasteiger partial charge in [-0.05, 0) is 34.9 Å². The monoisotopic (exact) mass is 275 g/mol. The fraction of sp³-hybridized carbons (Fsp3) is 0.684. The van der Waals surface area contributed by atoms with E-state index in [2.05, 4.69) is 71.1 Å². The zero-order valence-corrected chi connectivity index (χ0v) is 14.3. The average molecular weight is 275 g/mol. The van der Waals surface area contributed by atoms with Crippen molar-refractivity contribution >= 4 is 0 Å². The van der Waals surface area contributed by atoms with Gasteiger partial charge < -0.3 is 5.32 Å². The summed E-state index contributed by atoms with van der Waals surface area (Å²) in [5.41, 5.74) is 3.15. The van der Waals surface area contributed by atoms with Crippen LogP contribution in [0.25, 0.3) is 0 Å². The third-order valence-electron chi connectivity index (χ3n) is 4.25. The summed E-state index contributed by atoms with van der Waals surface area (Å²) in [6.07, 6.45) is 2.57. The van der Waals surface area contributed by atoms with Crippen molar-refractivity contribution in [1.29, 1.82) is 0 Å². The van der Waals surface area contributed by atoms with Crippen LogP contribution in [0.2, 0.25) is 0 Å². The van der Waals surface area contributed by atoms with Crippen molar-refractivity contribution in [3.05, 3.63) is 35.4 Å². The van der Waals surface area contributed by atoms with E-state index in [9.17, 15) is 0 Å². The minimum atomic E-state index is 0.241. The van der Waals surface area contributed by atoms with Gasteiger partial charge in [0, 0.05) is 6.54 Å². The first kappa shape index (κ1) is 17.2. The summed E-state index contributed by atoms with van der Waals surface area (Å²) >= 11 is 0. The van der Waals surface area contributed by atoms with Crippen LogP contribution in [-0.4, -0.2) is 13.1 Å². The van der Waals surface area contributed by atoms with Crippen LogP contribution in [0.5, 0.6) is 0 Å². The van der Waals surface area contributed by atoms with Crippen molar-refractivity contribution in [2.45, 2.75) is 65.7 Å². The Bertz CT molecular complexity index is 372. The Balaban J connectivity index is 2.90. The lowest BCUT2D eigenvalue weighted by Crippen LogP contribution is -2.25. The molecule has 0 aliphatic heterocycles. The van der Waals surface area contributed by atoms with E-state index in [0.717, 1.165) is 19.0 Å². The SMILES string of the molecule is CCCC(C)C(CNCC)c1ccc(C(C)(C)C)cc1. The Morgan fingerprint density at radius 1 is 1.05 bits per heavy atom. The van der Waals surface area contributed by atoms with Crippen LogP contribution in [0.1, 0.15) is 71.4 Å². The van der Waals surface area contributed by atoms with E-state index in [-0.39, 0.29) is 5.41 Å². The van der Waals surface area contributed by atoms with Gasteiger partial charge in [0.1, 0.15) is 0 Å². The molecule has 1 aromatic carbocycles. The maximum atomic E-state index is 3.53. The number of benzene rings is 1. The standard InChI is InChI=1S/C19H33N/c1-7-9-15(3)18(14-20-8-2)16-10-12-17(13-11-16)19(4,5)6/h10-13,15,18,20H,7-9,14H2,1-6H3. The van der Waals surface area contributed by atoms with E-state index in [1.807, 2.05) is 0 Å². The molecule has 0 aromatic heterocycles. The fourth-order valence-electron chi connectivity index (χ4n) is 2.83. The lowest BCUT2D eigenvalue weighted by Gasteiger charge is -2.26. The van der Waals surface area contributed by atoms with Crippen molar-refractivity contribution in [3.8, 4) is 0 Å². The highest BCUT2D eigenvalue weighted by molar-refractivity contribution is 5.30. The second kappa shape index (κ2) is 7.83. The molecule has 2 atom stereocenters. The van der Waals surface area contributed by atoms with Gasteiger partial charge in [-0.1, -0.05) is 78.6 Å². The molecule has 0 amide bonds. The molecule has 1 aromatic rings.